The van der Waals surface area contributed by atoms with E-state index in [-0.39, 0.29) is 18.8 Å². The van der Waals surface area contributed by atoms with Crippen LogP contribution in [0.2, 0.25) is 0 Å². The van der Waals surface area contributed by atoms with Gasteiger partial charge < -0.3 is 24.4 Å². The van der Waals surface area contributed by atoms with Gasteiger partial charge in [-0.3, -0.25) is 4.79 Å². The van der Waals surface area contributed by atoms with Crippen molar-refractivity contribution in [2.45, 2.75) is 6.10 Å². The molecule has 4 rings (SSSR count). The van der Waals surface area contributed by atoms with Crippen LogP contribution in [0.15, 0.2) is 42.5 Å². The van der Waals surface area contributed by atoms with Gasteiger partial charge in [-0.15, -0.1) is 0 Å². The Hall–Kier alpha value is -2.57. The van der Waals surface area contributed by atoms with Gasteiger partial charge in [0.25, 0.3) is 5.91 Å². The summed E-state index contributed by atoms with van der Waals surface area (Å²) in [5.74, 6) is 1.08. The third-order valence-corrected chi connectivity index (χ3v) is 4.44. The van der Waals surface area contributed by atoms with Gasteiger partial charge in [0.1, 0.15) is 0 Å². The SMILES string of the molecule is CN1CCOC(c2ccc(NC(=O)c3ccc4c(c3)OCO4)cc2)C1. The van der Waals surface area contributed by atoms with E-state index in [4.69, 9.17) is 14.2 Å². The second kappa shape index (κ2) is 6.74. The van der Waals surface area contributed by atoms with Crippen molar-refractivity contribution in [1.29, 1.82) is 0 Å². The van der Waals surface area contributed by atoms with E-state index in [0.29, 0.717) is 17.1 Å². The number of anilines is 1. The van der Waals surface area contributed by atoms with Crippen molar-refractivity contribution in [2.75, 3.05) is 38.9 Å². The first-order valence-corrected chi connectivity index (χ1v) is 8.30. The molecule has 2 aliphatic rings. The molecule has 1 unspecified atom stereocenters. The average molecular weight is 340 g/mol. The van der Waals surface area contributed by atoms with Crippen LogP contribution >= 0.6 is 0 Å². The molecule has 0 radical (unpaired) electrons. The zero-order valence-electron chi connectivity index (χ0n) is 14.0. The van der Waals surface area contributed by atoms with Gasteiger partial charge in [-0.25, -0.2) is 0 Å². The van der Waals surface area contributed by atoms with Crippen LogP contribution < -0.4 is 14.8 Å². The zero-order valence-corrected chi connectivity index (χ0v) is 14.0. The molecule has 1 amide bonds. The molecule has 1 saturated heterocycles. The first kappa shape index (κ1) is 15.9. The van der Waals surface area contributed by atoms with E-state index in [9.17, 15) is 4.79 Å². The summed E-state index contributed by atoms with van der Waals surface area (Å²) in [7, 11) is 2.09. The summed E-state index contributed by atoms with van der Waals surface area (Å²) in [5, 5.41) is 2.90. The Morgan fingerprint density at radius 1 is 1.12 bits per heavy atom. The topological polar surface area (TPSA) is 60.0 Å². The standard InChI is InChI=1S/C19H20N2O4/c1-21-8-9-23-18(11-21)13-2-5-15(6-3-13)20-19(22)14-4-7-16-17(10-14)25-12-24-16/h2-7,10,18H,8-9,11-12H2,1H3,(H,20,22). The highest BCUT2D eigenvalue weighted by Gasteiger charge is 2.20. The van der Waals surface area contributed by atoms with E-state index in [1.807, 2.05) is 24.3 Å². The maximum Gasteiger partial charge on any atom is 0.255 e. The lowest BCUT2D eigenvalue weighted by Crippen LogP contribution is -2.35. The number of carbonyl (C=O) groups excluding carboxylic acids is 1. The van der Waals surface area contributed by atoms with E-state index in [2.05, 4.69) is 17.3 Å². The summed E-state index contributed by atoms with van der Waals surface area (Å²) >= 11 is 0. The first-order chi connectivity index (χ1) is 12.2. The molecule has 130 valence electrons. The number of amides is 1. The Balaban J connectivity index is 1.43. The maximum absolute atomic E-state index is 12.4. The van der Waals surface area contributed by atoms with Crippen LogP contribution in [-0.4, -0.2) is 44.3 Å². The molecule has 0 saturated carbocycles. The van der Waals surface area contributed by atoms with E-state index in [0.717, 1.165) is 30.9 Å². The van der Waals surface area contributed by atoms with Crippen LogP contribution in [0, 0.1) is 0 Å². The quantitative estimate of drug-likeness (QED) is 0.931. The number of rotatable bonds is 3. The Labute approximate surface area is 146 Å². The minimum atomic E-state index is -0.181. The largest absolute Gasteiger partial charge is 0.454 e. The summed E-state index contributed by atoms with van der Waals surface area (Å²) in [4.78, 5) is 14.7. The number of benzene rings is 2. The van der Waals surface area contributed by atoms with E-state index in [1.165, 1.54) is 0 Å². The molecule has 6 heteroatoms. The van der Waals surface area contributed by atoms with Crippen molar-refractivity contribution < 1.29 is 19.0 Å². The third kappa shape index (κ3) is 3.45. The molecule has 0 aromatic heterocycles. The number of hydrogen-bond acceptors (Lipinski definition) is 5. The second-order valence-electron chi connectivity index (χ2n) is 6.27. The molecule has 25 heavy (non-hydrogen) atoms. The molecule has 0 spiro atoms. The van der Waals surface area contributed by atoms with Crippen molar-refractivity contribution >= 4 is 11.6 Å². The van der Waals surface area contributed by atoms with Gasteiger partial charge in [-0.05, 0) is 42.9 Å². The summed E-state index contributed by atoms with van der Waals surface area (Å²) in [6, 6.07) is 13.0. The average Bonchev–Trinajstić information content (AvgIpc) is 3.10. The summed E-state index contributed by atoms with van der Waals surface area (Å²) in [6.07, 6.45) is 0.0809. The predicted molar refractivity (Wildman–Crippen MR) is 93.2 cm³/mol. The Morgan fingerprint density at radius 2 is 1.92 bits per heavy atom. The molecule has 1 N–H and O–H groups in total. The fourth-order valence-electron chi connectivity index (χ4n) is 3.00. The molecular formula is C19H20N2O4. The van der Waals surface area contributed by atoms with Crippen LogP contribution in [0.5, 0.6) is 11.5 Å². The zero-order chi connectivity index (χ0) is 17.2. The highest BCUT2D eigenvalue weighted by atomic mass is 16.7. The smallest absolute Gasteiger partial charge is 0.255 e. The van der Waals surface area contributed by atoms with Gasteiger partial charge in [0.2, 0.25) is 6.79 Å². The molecule has 1 atom stereocenters. The number of hydrogen-bond donors (Lipinski definition) is 1. The highest BCUT2D eigenvalue weighted by Crippen LogP contribution is 2.32. The molecule has 2 aromatic carbocycles. The monoisotopic (exact) mass is 340 g/mol. The predicted octanol–water partition coefficient (Wildman–Crippen LogP) is 2.67. The Bertz CT molecular complexity index is 775. The number of morpholine rings is 1. The molecule has 6 nitrogen and oxygen atoms in total. The van der Waals surface area contributed by atoms with Gasteiger partial charge in [-0.1, -0.05) is 12.1 Å². The van der Waals surface area contributed by atoms with Crippen LogP contribution in [0.1, 0.15) is 22.0 Å². The normalized spacial score (nSPS) is 19.6. The number of nitrogens with zero attached hydrogens (tertiary/aromatic N) is 1. The van der Waals surface area contributed by atoms with Crippen molar-refractivity contribution in [2.24, 2.45) is 0 Å². The molecule has 2 heterocycles. The van der Waals surface area contributed by atoms with Crippen LogP contribution in [-0.2, 0) is 4.74 Å². The summed E-state index contributed by atoms with van der Waals surface area (Å²) in [5.41, 5.74) is 2.40. The van der Waals surface area contributed by atoms with Crippen LogP contribution in [0.3, 0.4) is 0 Å². The fourth-order valence-corrected chi connectivity index (χ4v) is 3.00. The Morgan fingerprint density at radius 3 is 2.72 bits per heavy atom. The number of nitrogens with one attached hydrogen (secondary N) is 1. The minimum Gasteiger partial charge on any atom is -0.454 e. The van der Waals surface area contributed by atoms with Gasteiger partial charge in [0.05, 0.1) is 12.7 Å². The molecule has 2 aromatic rings. The van der Waals surface area contributed by atoms with Gasteiger partial charge >= 0.3 is 0 Å². The van der Waals surface area contributed by atoms with Crippen molar-refractivity contribution in [3.8, 4) is 11.5 Å². The fraction of sp³-hybridized carbons (Fsp3) is 0.316. The van der Waals surface area contributed by atoms with Gasteiger partial charge in [0, 0.05) is 24.3 Å². The molecule has 2 aliphatic heterocycles. The summed E-state index contributed by atoms with van der Waals surface area (Å²) in [6.45, 7) is 2.77. The third-order valence-electron chi connectivity index (χ3n) is 4.44. The maximum atomic E-state index is 12.4. The van der Waals surface area contributed by atoms with Crippen LogP contribution in [0.4, 0.5) is 5.69 Å². The molecular weight excluding hydrogens is 320 g/mol. The second-order valence-corrected chi connectivity index (χ2v) is 6.27. The number of likely N-dealkylation sites (N-methyl/N-ethyl adjacent to an activating group) is 1. The Kier molecular flexibility index (Phi) is 4.29. The molecule has 1 fully saturated rings. The number of carbonyl (C=O) groups is 1. The van der Waals surface area contributed by atoms with E-state index in [1.54, 1.807) is 18.2 Å². The van der Waals surface area contributed by atoms with Crippen molar-refractivity contribution in [3.05, 3.63) is 53.6 Å². The lowest BCUT2D eigenvalue weighted by Gasteiger charge is -2.30. The lowest BCUT2D eigenvalue weighted by molar-refractivity contribution is -0.0208. The summed E-state index contributed by atoms with van der Waals surface area (Å²) < 4.78 is 16.4. The minimum absolute atomic E-state index is 0.0809. The van der Waals surface area contributed by atoms with Crippen molar-refractivity contribution in [3.63, 3.8) is 0 Å². The van der Waals surface area contributed by atoms with E-state index < -0.39 is 0 Å². The van der Waals surface area contributed by atoms with Crippen LogP contribution in [0.25, 0.3) is 0 Å². The van der Waals surface area contributed by atoms with Crippen molar-refractivity contribution in [1.82, 2.24) is 4.90 Å². The molecule has 0 aliphatic carbocycles. The first-order valence-electron chi connectivity index (χ1n) is 8.30. The highest BCUT2D eigenvalue weighted by molar-refractivity contribution is 6.04. The number of ether oxygens (including phenoxy) is 3. The molecule has 0 bridgehead atoms. The van der Waals surface area contributed by atoms with E-state index >= 15 is 0 Å². The number of fused-ring (bicyclic) bond motifs is 1. The van der Waals surface area contributed by atoms with Gasteiger partial charge in [-0.2, -0.15) is 0 Å². The lowest BCUT2D eigenvalue weighted by atomic mass is 10.1. The van der Waals surface area contributed by atoms with Gasteiger partial charge in [0.15, 0.2) is 11.5 Å².